The van der Waals surface area contributed by atoms with Gasteiger partial charge in [0.1, 0.15) is 11.5 Å². The molecule has 5 aromatic carbocycles. The lowest BCUT2D eigenvalue weighted by Crippen LogP contribution is -2.14. The van der Waals surface area contributed by atoms with Crippen molar-refractivity contribution in [3.63, 3.8) is 0 Å². The highest BCUT2D eigenvalue weighted by atomic mass is 16.5. The van der Waals surface area contributed by atoms with Crippen LogP contribution in [0, 0.1) is 0 Å². The van der Waals surface area contributed by atoms with E-state index in [9.17, 15) is 9.59 Å². The summed E-state index contributed by atoms with van der Waals surface area (Å²) in [6.45, 7) is 12.9. The van der Waals surface area contributed by atoms with Crippen molar-refractivity contribution in [1.82, 2.24) is 4.98 Å². The van der Waals surface area contributed by atoms with Crippen molar-refractivity contribution in [2.24, 2.45) is 0 Å². The lowest BCUT2D eigenvalue weighted by Gasteiger charge is -2.20. The third-order valence-corrected chi connectivity index (χ3v) is 7.40. The number of H-pyrrole nitrogens is 1. The van der Waals surface area contributed by atoms with E-state index in [1.807, 2.05) is 42.5 Å². The molecule has 0 amide bonds. The second-order valence-corrected chi connectivity index (χ2v) is 12.3. The molecular weight excluding hydrogens is 486 g/mol. The predicted octanol–water partition coefficient (Wildman–Crippen LogP) is 8.33. The number of aromatic nitrogens is 1. The molecule has 0 spiro atoms. The Hall–Kier alpha value is -4.38. The molecule has 0 aliphatic rings. The van der Waals surface area contributed by atoms with E-state index in [-0.39, 0.29) is 38.2 Å². The molecular formula is C34H31NO4. The zero-order chi connectivity index (χ0) is 27.7. The highest BCUT2D eigenvalue weighted by Gasteiger charge is 2.22. The van der Waals surface area contributed by atoms with Crippen LogP contribution in [0.15, 0.2) is 86.8 Å². The quantitative estimate of drug-likeness (QED) is 0.185. The fourth-order valence-electron chi connectivity index (χ4n) is 5.10. The predicted molar refractivity (Wildman–Crippen MR) is 160 cm³/mol. The molecule has 0 aliphatic carbocycles. The van der Waals surface area contributed by atoms with Gasteiger partial charge >= 0.3 is 0 Å². The van der Waals surface area contributed by atoms with Crippen molar-refractivity contribution in [3.05, 3.63) is 104 Å². The molecule has 1 heterocycles. The fourth-order valence-corrected chi connectivity index (χ4v) is 5.10. The number of benzene rings is 5. The van der Waals surface area contributed by atoms with Gasteiger partial charge in [0.15, 0.2) is 22.0 Å². The van der Waals surface area contributed by atoms with Crippen LogP contribution >= 0.6 is 0 Å². The highest BCUT2D eigenvalue weighted by Crippen LogP contribution is 2.36. The molecule has 0 bridgehead atoms. The van der Waals surface area contributed by atoms with Crippen LogP contribution in [0.5, 0.6) is 11.5 Å². The second kappa shape index (κ2) is 8.57. The van der Waals surface area contributed by atoms with Crippen LogP contribution in [0.25, 0.3) is 43.7 Å². The van der Waals surface area contributed by atoms with Crippen LogP contribution in [0.4, 0.5) is 0 Å². The first-order valence-electron chi connectivity index (χ1n) is 13.2. The molecule has 6 aromatic rings. The number of ether oxygens (including phenoxy) is 1. The number of rotatable bonds is 2. The van der Waals surface area contributed by atoms with Crippen LogP contribution < -0.4 is 15.6 Å². The molecule has 0 unspecified atom stereocenters. The van der Waals surface area contributed by atoms with Gasteiger partial charge in [-0.3, -0.25) is 9.59 Å². The lowest BCUT2D eigenvalue weighted by atomic mass is 9.87. The first-order chi connectivity index (χ1) is 18.4. The number of nitrogens with one attached hydrogen (secondary N) is 1. The minimum absolute atomic E-state index is 0.00554. The molecule has 1 N–H and O–H groups in total. The molecule has 0 saturated heterocycles. The first-order valence-corrected chi connectivity index (χ1v) is 13.2. The minimum atomic E-state index is -0.250. The highest BCUT2D eigenvalue weighted by molar-refractivity contribution is 6.12. The number of hydrogen-bond donors (Lipinski definition) is 1. The third kappa shape index (κ3) is 4.19. The van der Waals surface area contributed by atoms with Crippen molar-refractivity contribution in [2.75, 3.05) is 0 Å². The number of aromatic amines is 1. The zero-order valence-corrected chi connectivity index (χ0v) is 23.1. The maximum absolute atomic E-state index is 13.9. The molecule has 0 aliphatic heterocycles. The van der Waals surface area contributed by atoms with E-state index in [4.69, 9.17) is 9.15 Å². The van der Waals surface area contributed by atoms with Crippen molar-refractivity contribution >= 4 is 43.7 Å². The topological polar surface area (TPSA) is 72.3 Å². The normalized spacial score (nSPS) is 12.6. The number of fused-ring (bicyclic) bond motifs is 5. The Labute approximate surface area is 226 Å². The van der Waals surface area contributed by atoms with Gasteiger partial charge in [0.25, 0.3) is 0 Å². The molecule has 0 radical (unpaired) electrons. The molecule has 196 valence electrons. The van der Waals surface area contributed by atoms with E-state index in [1.54, 1.807) is 30.3 Å². The van der Waals surface area contributed by atoms with Gasteiger partial charge in [-0.1, -0.05) is 84.0 Å². The maximum Gasteiger partial charge on any atom is 0.198 e. The number of hydrogen-bond acceptors (Lipinski definition) is 4. The summed E-state index contributed by atoms with van der Waals surface area (Å²) in [4.78, 5) is 31.1. The van der Waals surface area contributed by atoms with Gasteiger partial charge in [-0.2, -0.15) is 0 Å². The molecule has 5 nitrogen and oxygen atoms in total. The van der Waals surface area contributed by atoms with Crippen molar-refractivity contribution in [3.8, 4) is 11.5 Å². The smallest absolute Gasteiger partial charge is 0.198 e. The average Bonchev–Trinajstić information content (AvgIpc) is 2.89. The summed E-state index contributed by atoms with van der Waals surface area (Å²) in [5, 5.41) is 1.25. The van der Waals surface area contributed by atoms with Crippen LogP contribution in [-0.2, 0) is 10.8 Å². The lowest BCUT2D eigenvalue weighted by molar-refractivity contribution is 0.486. The molecule has 0 saturated carbocycles. The monoisotopic (exact) mass is 517 g/mol. The van der Waals surface area contributed by atoms with E-state index in [1.165, 1.54) is 5.56 Å². The van der Waals surface area contributed by atoms with Crippen LogP contribution in [0.2, 0.25) is 0 Å². The Morgan fingerprint density at radius 3 is 1.87 bits per heavy atom. The molecule has 39 heavy (non-hydrogen) atoms. The average molecular weight is 518 g/mol. The molecule has 1 aromatic heterocycles. The second-order valence-electron chi connectivity index (χ2n) is 12.3. The van der Waals surface area contributed by atoms with Crippen LogP contribution in [0.3, 0.4) is 0 Å². The van der Waals surface area contributed by atoms with Crippen molar-refractivity contribution < 1.29 is 9.15 Å². The van der Waals surface area contributed by atoms with E-state index in [2.05, 4.69) is 46.5 Å². The van der Waals surface area contributed by atoms with E-state index in [0.29, 0.717) is 33.2 Å². The van der Waals surface area contributed by atoms with Crippen molar-refractivity contribution in [2.45, 2.75) is 52.4 Å². The molecule has 0 atom stereocenters. The van der Waals surface area contributed by atoms with E-state index < -0.39 is 0 Å². The Bertz CT molecular complexity index is 2030. The summed E-state index contributed by atoms with van der Waals surface area (Å²) in [5.41, 5.74) is 4.05. The summed E-state index contributed by atoms with van der Waals surface area (Å²) in [5.74, 6) is 0.862. The summed E-state index contributed by atoms with van der Waals surface area (Å²) >= 11 is 0. The molecule has 5 heteroatoms. The summed E-state index contributed by atoms with van der Waals surface area (Å²) in [6, 6.07) is 22.5. The van der Waals surface area contributed by atoms with E-state index >= 15 is 0 Å². The van der Waals surface area contributed by atoms with Crippen LogP contribution in [0.1, 0.15) is 52.7 Å². The van der Waals surface area contributed by atoms with E-state index in [0.717, 1.165) is 11.1 Å². The molecule has 0 fully saturated rings. The van der Waals surface area contributed by atoms with Gasteiger partial charge in [0, 0.05) is 16.8 Å². The van der Waals surface area contributed by atoms with Crippen molar-refractivity contribution in [1.29, 1.82) is 0 Å². The maximum atomic E-state index is 13.9. The Morgan fingerprint density at radius 1 is 0.667 bits per heavy atom. The minimum Gasteiger partial charge on any atom is -0.456 e. The first kappa shape index (κ1) is 24.9. The van der Waals surface area contributed by atoms with Gasteiger partial charge in [-0.05, 0) is 46.2 Å². The summed E-state index contributed by atoms with van der Waals surface area (Å²) in [7, 11) is 0. The Kier molecular flexibility index (Phi) is 5.48. The summed E-state index contributed by atoms with van der Waals surface area (Å²) < 4.78 is 12.7. The Morgan fingerprint density at radius 2 is 1.26 bits per heavy atom. The molecule has 6 rings (SSSR count). The van der Waals surface area contributed by atoms with Gasteiger partial charge < -0.3 is 14.1 Å². The standard InChI is InChI=1S/C34H31NO4/c1-33(2,3)19-11-14-21(15-12-19)38-26-18-27-30(35-24-16-13-20(34(4,5)6)17-25(24)39-27)29-28(26)31(36)22-9-7-8-10-23(22)32(29)37/h7-18,35H,1-6H3. The van der Waals surface area contributed by atoms with Crippen LogP contribution in [-0.4, -0.2) is 4.98 Å². The van der Waals surface area contributed by atoms with Gasteiger partial charge in [-0.25, -0.2) is 0 Å². The van der Waals surface area contributed by atoms with Gasteiger partial charge in [-0.15, -0.1) is 0 Å². The van der Waals surface area contributed by atoms with Gasteiger partial charge in [0.05, 0.1) is 21.8 Å². The summed E-state index contributed by atoms with van der Waals surface area (Å²) in [6.07, 6.45) is 0. The zero-order valence-electron chi connectivity index (χ0n) is 23.1. The SMILES string of the molecule is CC(C)(C)c1ccc(Oc2cc3oc4cc(C(C)(C)C)ccc4[nH]c3c3c(=O)c4ccccc4c(=O)c23)cc1. The third-order valence-electron chi connectivity index (χ3n) is 7.40. The van der Waals surface area contributed by atoms with Gasteiger partial charge in [0.2, 0.25) is 0 Å². The largest absolute Gasteiger partial charge is 0.456 e. The fraction of sp³-hybridized carbons (Fsp3) is 0.235. The Balaban J connectivity index is 1.68.